The Kier molecular flexibility index (Phi) is 5.79. The maximum absolute atomic E-state index is 11.3. The number of aryl methyl sites for hydroxylation is 2. The van der Waals surface area contributed by atoms with Crippen LogP contribution in [0.25, 0.3) is 6.08 Å². The highest BCUT2D eigenvalue weighted by Gasteiger charge is 2.06. The molecule has 19 heavy (non-hydrogen) atoms. The molecule has 4 heteroatoms. The van der Waals surface area contributed by atoms with Crippen molar-refractivity contribution in [3.05, 3.63) is 41.0 Å². The van der Waals surface area contributed by atoms with Crippen LogP contribution < -0.4 is 0 Å². The number of hydrogen-bond donors (Lipinski definition) is 1. The van der Waals surface area contributed by atoms with Crippen LogP contribution in [0.15, 0.2) is 24.3 Å². The Labute approximate surface area is 112 Å². The first-order valence-corrected chi connectivity index (χ1v) is 6.19. The normalized spacial score (nSPS) is 10.6. The zero-order chi connectivity index (χ0) is 14.3. The maximum Gasteiger partial charge on any atom is 0.328 e. The smallest absolute Gasteiger partial charge is 0.328 e. The van der Waals surface area contributed by atoms with E-state index in [2.05, 4.69) is 0 Å². The monoisotopic (exact) mass is 262 g/mol. The number of ether oxygens (including phenoxy) is 1. The molecule has 0 fully saturated rings. The van der Waals surface area contributed by atoms with Crippen molar-refractivity contribution >= 4 is 18.0 Å². The molecule has 102 valence electrons. The van der Waals surface area contributed by atoms with Gasteiger partial charge in [0.15, 0.2) is 0 Å². The minimum Gasteiger partial charge on any atom is -0.478 e. The van der Waals surface area contributed by atoms with Crippen LogP contribution >= 0.6 is 0 Å². The number of carbonyl (C=O) groups excluding carboxylic acids is 1. The van der Waals surface area contributed by atoms with Crippen LogP contribution in [0.5, 0.6) is 0 Å². The summed E-state index contributed by atoms with van der Waals surface area (Å²) in [6, 6.07) is 5.76. The summed E-state index contributed by atoms with van der Waals surface area (Å²) in [7, 11) is 0. The third kappa shape index (κ3) is 5.38. The molecule has 0 saturated carbocycles. The zero-order valence-corrected chi connectivity index (χ0v) is 11.2. The molecule has 0 aromatic heterocycles. The van der Waals surface area contributed by atoms with E-state index < -0.39 is 5.97 Å². The van der Waals surface area contributed by atoms with Gasteiger partial charge in [0.25, 0.3) is 0 Å². The fraction of sp³-hybridized carbons (Fsp3) is 0.333. The van der Waals surface area contributed by atoms with Crippen molar-refractivity contribution in [2.24, 2.45) is 0 Å². The topological polar surface area (TPSA) is 63.6 Å². The van der Waals surface area contributed by atoms with Gasteiger partial charge in [0.1, 0.15) is 0 Å². The minimum atomic E-state index is -0.988. The minimum absolute atomic E-state index is 0.240. The van der Waals surface area contributed by atoms with Gasteiger partial charge in [-0.15, -0.1) is 0 Å². The Hall–Kier alpha value is -2.10. The van der Waals surface area contributed by atoms with Crippen molar-refractivity contribution in [1.82, 2.24) is 0 Å². The molecule has 1 aromatic rings. The van der Waals surface area contributed by atoms with Crippen LogP contribution in [0.4, 0.5) is 0 Å². The van der Waals surface area contributed by atoms with Gasteiger partial charge < -0.3 is 9.84 Å². The van der Waals surface area contributed by atoms with Crippen molar-refractivity contribution in [3.8, 4) is 0 Å². The Morgan fingerprint density at radius 1 is 1.37 bits per heavy atom. The number of hydrogen-bond acceptors (Lipinski definition) is 3. The van der Waals surface area contributed by atoms with E-state index in [-0.39, 0.29) is 5.97 Å². The number of aliphatic carboxylic acids is 1. The quantitative estimate of drug-likeness (QED) is 0.632. The first-order chi connectivity index (χ1) is 9.02. The van der Waals surface area contributed by atoms with Crippen molar-refractivity contribution in [3.63, 3.8) is 0 Å². The van der Waals surface area contributed by atoms with Crippen LogP contribution in [0.3, 0.4) is 0 Å². The molecular weight excluding hydrogens is 244 g/mol. The van der Waals surface area contributed by atoms with Gasteiger partial charge in [-0.2, -0.15) is 0 Å². The van der Waals surface area contributed by atoms with E-state index in [0.717, 1.165) is 22.8 Å². The fourth-order valence-electron chi connectivity index (χ4n) is 1.73. The molecule has 4 nitrogen and oxygen atoms in total. The van der Waals surface area contributed by atoms with Crippen molar-refractivity contribution in [2.75, 3.05) is 6.61 Å². The van der Waals surface area contributed by atoms with E-state index in [1.165, 1.54) is 0 Å². The first-order valence-electron chi connectivity index (χ1n) is 6.19. The third-order valence-electron chi connectivity index (χ3n) is 2.61. The molecule has 0 aliphatic rings. The number of esters is 1. The van der Waals surface area contributed by atoms with Gasteiger partial charge >= 0.3 is 11.9 Å². The van der Waals surface area contributed by atoms with Gasteiger partial charge in [0.2, 0.25) is 0 Å². The second-order valence-corrected chi connectivity index (χ2v) is 4.18. The second kappa shape index (κ2) is 7.36. The molecule has 0 bridgehead atoms. The average molecular weight is 262 g/mol. The summed E-state index contributed by atoms with van der Waals surface area (Å²) in [5.41, 5.74) is 2.81. The molecule has 0 radical (unpaired) electrons. The molecule has 0 heterocycles. The van der Waals surface area contributed by atoms with Gasteiger partial charge in [-0.1, -0.05) is 23.8 Å². The zero-order valence-electron chi connectivity index (χ0n) is 11.2. The van der Waals surface area contributed by atoms with Crippen LogP contribution in [-0.2, 0) is 20.7 Å². The van der Waals surface area contributed by atoms with E-state index >= 15 is 0 Å². The summed E-state index contributed by atoms with van der Waals surface area (Å²) >= 11 is 0. The molecule has 1 rings (SSSR count). The maximum atomic E-state index is 11.3. The molecule has 0 atom stereocenters. The first kappa shape index (κ1) is 15.0. The van der Waals surface area contributed by atoms with E-state index in [0.29, 0.717) is 19.4 Å². The molecule has 0 aliphatic heterocycles. The number of rotatable bonds is 6. The summed E-state index contributed by atoms with van der Waals surface area (Å²) in [6.07, 6.45) is 3.49. The largest absolute Gasteiger partial charge is 0.478 e. The molecule has 1 N–H and O–H groups in total. The Bertz CT molecular complexity index is 489. The molecule has 0 spiro atoms. The van der Waals surface area contributed by atoms with E-state index in [1.807, 2.05) is 25.1 Å². The molecule has 0 saturated heterocycles. The molecular formula is C15H18O4. The third-order valence-corrected chi connectivity index (χ3v) is 2.61. The predicted molar refractivity (Wildman–Crippen MR) is 72.8 cm³/mol. The summed E-state index contributed by atoms with van der Waals surface area (Å²) < 4.78 is 4.87. The summed E-state index contributed by atoms with van der Waals surface area (Å²) in [4.78, 5) is 21.9. The van der Waals surface area contributed by atoms with Gasteiger partial charge in [-0.3, -0.25) is 4.79 Å². The van der Waals surface area contributed by atoms with Crippen molar-refractivity contribution in [1.29, 1.82) is 0 Å². The summed E-state index contributed by atoms with van der Waals surface area (Å²) in [5, 5.41) is 8.66. The highest BCUT2D eigenvalue weighted by molar-refractivity contribution is 5.85. The lowest BCUT2D eigenvalue weighted by molar-refractivity contribution is -0.143. The lowest BCUT2D eigenvalue weighted by Gasteiger charge is -2.07. The Balaban J connectivity index is 2.81. The fourth-order valence-corrected chi connectivity index (χ4v) is 1.73. The molecule has 1 aromatic carbocycles. The van der Waals surface area contributed by atoms with Gasteiger partial charge in [-0.25, -0.2) is 4.79 Å². The van der Waals surface area contributed by atoms with Crippen molar-refractivity contribution < 1.29 is 19.4 Å². The lowest BCUT2D eigenvalue weighted by atomic mass is 10.00. The van der Waals surface area contributed by atoms with Crippen LogP contribution in [0.1, 0.15) is 30.0 Å². The Morgan fingerprint density at radius 3 is 2.74 bits per heavy atom. The van der Waals surface area contributed by atoms with E-state index in [9.17, 15) is 9.59 Å². The van der Waals surface area contributed by atoms with E-state index in [1.54, 1.807) is 13.0 Å². The van der Waals surface area contributed by atoms with Gasteiger partial charge in [0, 0.05) is 12.5 Å². The SMILES string of the molecule is CCOC(=O)CCc1ccc(C)cc1/C=C/C(=O)O. The standard InChI is InChI=1S/C15H18O4/c1-3-19-15(18)9-7-12-5-4-11(2)10-13(12)6-8-14(16)17/h4-6,8,10H,3,7,9H2,1-2H3,(H,16,17)/b8-6+. The Morgan fingerprint density at radius 2 is 2.11 bits per heavy atom. The van der Waals surface area contributed by atoms with Gasteiger partial charge in [-0.05, 0) is 37.5 Å². The highest BCUT2D eigenvalue weighted by Crippen LogP contribution is 2.16. The van der Waals surface area contributed by atoms with Crippen LogP contribution in [0.2, 0.25) is 0 Å². The van der Waals surface area contributed by atoms with E-state index in [4.69, 9.17) is 9.84 Å². The van der Waals surface area contributed by atoms with Crippen molar-refractivity contribution in [2.45, 2.75) is 26.7 Å². The summed E-state index contributed by atoms with van der Waals surface area (Å²) in [6.45, 7) is 4.08. The number of benzene rings is 1. The van der Waals surface area contributed by atoms with Gasteiger partial charge in [0.05, 0.1) is 6.61 Å². The summed E-state index contributed by atoms with van der Waals surface area (Å²) in [5.74, 6) is -1.23. The van der Waals surface area contributed by atoms with Crippen LogP contribution in [-0.4, -0.2) is 23.7 Å². The number of carboxylic acid groups (broad SMARTS) is 1. The highest BCUT2D eigenvalue weighted by atomic mass is 16.5. The van der Waals surface area contributed by atoms with Crippen LogP contribution in [0, 0.1) is 6.92 Å². The molecule has 0 unspecified atom stereocenters. The predicted octanol–water partition coefficient (Wildman–Crippen LogP) is 2.59. The number of carbonyl (C=O) groups is 2. The average Bonchev–Trinajstić information content (AvgIpc) is 2.35. The number of carboxylic acids is 1. The second-order valence-electron chi connectivity index (χ2n) is 4.18. The molecule has 0 aliphatic carbocycles. The lowest BCUT2D eigenvalue weighted by Crippen LogP contribution is -2.05. The molecule has 0 amide bonds.